The summed E-state index contributed by atoms with van der Waals surface area (Å²) in [6.45, 7) is 0.820. The van der Waals surface area contributed by atoms with E-state index in [4.69, 9.17) is 0 Å². The Morgan fingerprint density at radius 3 is 2.88 bits per heavy atom. The van der Waals surface area contributed by atoms with Crippen LogP contribution in [0.25, 0.3) is 11.0 Å². The van der Waals surface area contributed by atoms with E-state index in [1.165, 1.54) is 0 Å². The smallest absolute Gasteiger partial charge is 0.223 e. The number of nitrogens with zero attached hydrogens (tertiary/aromatic N) is 3. The van der Waals surface area contributed by atoms with Gasteiger partial charge in [0.2, 0.25) is 5.91 Å². The number of para-hydroxylation sites is 2. The van der Waals surface area contributed by atoms with Crippen molar-refractivity contribution in [3.63, 3.8) is 0 Å². The number of likely N-dealkylation sites (tertiary alicyclic amines) is 1. The van der Waals surface area contributed by atoms with Crippen LogP contribution in [0.2, 0.25) is 0 Å². The Kier molecular flexibility index (Phi) is 4.46. The fourth-order valence-electron chi connectivity index (χ4n) is 3.60. The summed E-state index contributed by atoms with van der Waals surface area (Å²) >= 11 is 0. The fourth-order valence-corrected chi connectivity index (χ4v) is 3.60. The third-order valence-corrected chi connectivity index (χ3v) is 4.87. The number of carbonyl (C=O) groups excluding carboxylic acids is 1. The number of benzene rings is 1. The summed E-state index contributed by atoms with van der Waals surface area (Å²) in [7, 11) is 0. The number of pyridine rings is 1. The molecule has 0 spiro atoms. The van der Waals surface area contributed by atoms with E-state index in [-0.39, 0.29) is 11.9 Å². The Hall–Kier alpha value is -2.69. The highest BCUT2D eigenvalue weighted by molar-refractivity contribution is 5.78. The van der Waals surface area contributed by atoms with Crippen molar-refractivity contribution in [3.8, 4) is 0 Å². The summed E-state index contributed by atoms with van der Waals surface area (Å²) in [6, 6.07) is 14.0. The number of carbonyl (C=O) groups is 1. The van der Waals surface area contributed by atoms with E-state index >= 15 is 0 Å². The minimum absolute atomic E-state index is 0.109. The van der Waals surface area contributed by atoms with Crippen molar-refractivity contribution >= 4 is 16.9 Å². The molecule has 1 aliphatic rings. The highest BCUT2D eigenvalue weighted by atomic mass is 16.2. The Labute approximate surface area is 147 Å². The van der Waals surface area contributed by atoms with Gasteiger partial charge in [-0.15, -0.1) is 0 Å². The van der Waals surface area contributed by atoms with Crippen LogP contribution in [0.1, 0.15) is 43.2 Å². The molecular weight excluding hydrogens is 312 g/mol. The maximum absolute atomic E-state index is 12.8. The molecule has 1 N–H and O–H groups in total. The van der Waals surface area contributed by atoms with Crippen LogP contribution < -0.4 is 0 Å². The number of hydrogen-bond acceptors (Lipinski definition) is 3. The van der Waals surface area contributed by atoms with Crippen LogP contribution in [0.5, 0.6) is 0 Å². The Balaban J connectivity index is 1.45. The maximum Gasteiger partial charge on any atom is 0.223 e. The molecule has 1 amide bonds. The summed E-state index contributed by atoms with van der Waals surface area (Å²) in [5.41, 5.74) is 2.97. The second-order valence-corrected chi connectivity index (χ2v) is 6.55. The third-order valence-electron chi connectivity index (χ3n) is 4.87. The molecule has 2 aromatic heterocycles. The SMILES string of the molecule is O=C(CCc1nc2ccccc2[nH]1)N1CCCCC1c1ccccn1. The lowest BCUT2D eigenvalue weighted by molar-refractivity contribution is -0.135. The van der Waals surface area contributed by atoms with Crippen molar-refractivity contribution in [1.82, 2.24) is 19.9 Å². The number of rotatable bonds is 4. The lowest BCUT2D eigenvalue weighted by Gasteiger charge is -2.35. The molecule has 128 valence electrons. The van der Waals surface area contributed by atoms with Crippen LogP contribution in [0.15, 0.2) is 48.7 Å². The number of amides is 1. The van der Waals surface area contributed by atoms with Gasteiger partial charge in [-0.2, -0.15) is 0 Å². The first kappa shape index (κ1) is 15.8. The molecule has 1 aliphatic heterocycles. The number of fused-ring (bicyclic) bond motifs is 1. The zero-order valence-corrected chi connectivity index (χ0v) is 14.2. The monoisotopic (exact) mass is 334 g/mol. The van der Waals surface area contributed by atoms with Crippen molar-refractivity contribution in [2.45, 2.75) is 38.1 Å². The molecule has 4 rings (SSSR count). The van der Waals surface area contributed by atoms with Gasteiger partial charge in [-0.3, -0.25) is 9.78 Å². The van der Waals surface area contributed by atoms with Gasteiger partial charge in [-0.1, -0.05) is 18.2 Å². The van der Waals surface area contributed by atoms with E-state index in [1.807, 2.05) is 47.4 Å². The molecule has 5 nitrogen and oxygen atoms in total. The molecular formula is C20H22N4O. The predicted octanol–water partition coefficient (Wildman–Crippen LogP) is 3.64. The van der Waals surface area contributed by atoms with E-state index in [2.05, 4.69) is 15.0 Å². The molecule has 0 radical (unpaired) electrons. The third kappa shape index (κ3) is 3.40. The molecule has 1 saturated heterocycles. The van der Waals surface area contributed by atoms with Crippen molar-refractivity contribution in [3.05, 3.63) is 60.2 Å². The summed E-state index contributed by atoms with van der Waals surface area (Å²) in [4.78, 5) is 27.2. The van der Waals surface area contributed by atoms with Crippen molar-refractivity contribution in [2.24, 2.45) is 0 Å². The maximum atomic E-state index is 12.8. The zero-order chi connectivity index (χ0) is 17.1. The van der Waals surface area contributed by atoms with Crippen LogP contribution in [0, 0.1) is 0 Å². The van der Waals surface area contributed by atoms with Gasteiger partial charge in [-0.25, -0.2) is 4.98 Å². The average molecular weight is 334 g/mol. The molecule has 1 aromatic carbocycles. The lowest BCUT2D eigenvalue weighted by atomic mass is 9.98. The van der Waals surface area contributed by atoms with Crippen LogP contribution >= 0.6 is 0 Å². The van der Waals surface area contributed by atoms with E-state index < -0.39 is 0 Å². The van der Waals surface area contributed by atoms with Gasteiger partial charge in [0.15, 0.2) is 0 Å². The minimum Gasteiger partial charge on any atom is -0.342 e. The Morgan fingerprint density at radius 1 is 1.16 bits per heavy atom. The molecule has 5 heteroatoms. The number of aromatic nitrogens is 3. The average Bonchev–Trinajstić information content (AvgIpc) is 3.10. The molecule has 3 aromatic rings. The number of aryl methyl sites for hydroxylation is 1. The van der Waals surface area contributed by atoms with Crippen LogP contribution in [-0.2, 0) is 11.2 Å². The van der Waals surface area contributed by atoms with Gasteiger partial charge in [-0.05, 0) is 43.5 Å². The minimum atomic E-state index is 0.109. The summed E-state index contributed by atoms with van der Waals surface area (Å²) in [6.07, 6.45) is 6.13. The highest BCUT2D eigenvalue weighted by Gasteiger charge is 2.28. The number of hydrogen-bond donors (Lipinski definition) is 1. The molecule has 3 heterocycles. The number of nitrogens with one attached hydrogen (secondary N) is 1. The van der Waals surface area contributed by atoms with Crippen molar-refractivity contribution < 1.29 is 4.79 Å². The largest absolute Gasteiger partial charge is 0.342 e. The summed E-state index contributed by atoms with van der Waals surface area (Å²) in [5.74, 6) is 1.07. The molecule has 1 unspecified atom stereocenters. The van der Waals surface area contributed by atoms with Gasteiger partial charge >= 0.3 is 0 Å². The topological polar surface area (TPSA) is 61.9 Å². The Bertz CT molecular complexity index is 825. The van der Waals surface area contributed by atoms with Crippen LogP contribution in [-0.4, -0.2) is 32.3 Å². The normalized spacial score (nSPS) is 17.8. The molecule has 1 atom stereocenters. The van der Waals surface area contributed by atoms with E-state index in [1.54, 1.807) is 6.20 Å². The van der Waals surface area contributed by atoms with Gasteiger partial charge in [0, 0.05) is 25.6 Å². The van der Waals surface area contributed by atoms with Gasteiger partial charge < -0.3 is 9.88 Å². The van der Waals surface area contributed by atoms with E-state index in [9.17, 15) is 4.79 Å². The molecule has 0 aliphatic carbocycles. The van der Waals surface area contributed by atoms with Crippen molar-refractivity contribution in [2.75, 3.05) is 6.54 Å². The Morgan fingerprint density at radius 2 is 2.04 bits per heavy atom. The van der Waals surface area contributed by atoms with E-state index in [0.29, 0.717) is 12.8 Å². The first-order valence-corrected chi connectivity index (χ1v) is 8.95. The molecule has 25 heavy (non-hydrogen) atoms. The quantitative estimate of drug-likeness (QED) is 0.792. The summed E-state index contributed by atoms with van der Waals surface area (Å²) in [5, 5.41) is 0. The van der Waals surface area contributed by atoms with Gasteiger partial charge in [0.25, 0.3) is 0 Å². The van der Waals surface area contributed by atoms with Gasteiger partial charge in [0.1, 0.15) is 5.82 Å². The fraction of sp³-hybridized carbons (Fsp3) is 0.350. The number of imidazole rings is 1. The number of aromatic amines is 1. The zero-order valence-electron chi connectivity index (χ0n) is 14.2. The van der Waals surface area contributed by atoms with Crippen LogP contribution in [0.4, 0.5) is 0 Å². The number of H-pyrrole nitrogens is 1. The summed E-state index contributed by atoms with van der Waals surface area (Å²) < 4.78 is 0. The second-order valence-electron chi connectivity index (χ2n) is 6.55. The first-order valence-electron chi connectivity index (χ1n) is 8.95. The molecule has 1 fully saturated rings. The number of piperidine rings is 1. The lowest BCUT2D eigenvalue weighted by Crippen LogP contribution is -2.39. The highest BCUT2D eigenvalue weighted by Crippen LogP contribution is 2.30. The van der Waals surface area contributed by atoms with E-state index in [0.717, 1.165) is 48.4 Å². The standard InChI is InChI=1S/C20H22N4O/c25-20(12-11-19-22-15-7-1-2-8-16(15)23-19)24-14-6-4-10-18(24)17-9-3-5-13-21-17/h1-3,5,7-9,13,18H,4,6,10-12,14H2,(H,22,23). The predicted molar refractivity (Wildman–Crippen MR) is 97.0 cm³/mol. The second kappa shape index (κ2) is 7.05. The van der Waals surface area contributed by atoms with Crippen LogP contribution in [0.3, 0.4) is 0 Å². The molecule has 0 saturated carbocycles. The molecule has 0 bridgehead atoms. The first-order chi connectivity index (χ1) is 12.3. The van der Waals surface area contributed by atoms with Gasteiger partial charge in [0.05, 0.1) is 22.8 Å². The van der Waals surface area contributed by atoms with Crippen molar-refractivity contribution in [1.29, 1.82) is 0 Å².